The van der Waals surface area contributed by atoms with Crippen LogP contribution in [0.25, 0.3) is 0 Å². The molecule has 1 unspecified atom stereocenters. The molecule has 3 nitrogen and oxygen atoms in total. The Hall–Kier alpha value is -0.570. The van der Waals surface area contributed by atoms with Gasteiger partial charge in [-0.15, -0.1) is 0 Å². The summed E-state index contributed by atoms with van der Waals surface area (Å²) in [4.78, 5) is 13.0. The van der Waals surface area contributed by atoms with Gasteiger partial charge in [-0.1, -0.05) is 13.8 Å². The second-order valence-corrected chi connectivity index (χ2v) is 3.79. The van der Waals surface area contributed by atoms with Crippen molar-refractivity contribution < 1.29 is 9.90 Å². The molecule has 1 atom stereocenters. The summed E-state index contributed by atoms with van der Waals surface area (Å²) in [6.07, 6.45) is 3.08. The van der Waals surface area contributed by atoms with Crippen molar-refractivity contribution in [1.82, 2.24) is 4.90 Å². The molecule has 0 radical (unpaired) electrons. The largest absolute Gasteiger partial charge is 0.481 e. The quantitative estimate of drug-likeness (QED) is 0.723. The summed E-state index contributed by atoms with van der Waals surface area (Å²) in [6.45, 7) is 6.05. The van der Waals surface area contributed by atoms with Gasteiger partial charge in [0.2, 0.25) is 0 Å². The Labute approximate surface area is 79.7 Å². The average Bonchev–Trinajstić information content (AvgIpc) is 2.56. The number of likely N-dealkylation sites (tertiary alicyclic amines) is 1. The second-order valence-electron chi connectivity index (χ2n) is 3.79. The van der Waals surface area contributed by atoms with E-state index < -0.39 is 5.97 Å². The van der Waals surface area contributed by atoms with Crippen LogP contribution in [-0.4, -0.2) is 35.1 Å². The highest BCUT2D eigenvalue weighted by molar-refractivity contribution is 5.70. The third kappa shape index (κ3) is 2.44. The predicted molar refractivity (Wildman–Crippen MR) is 51.7 cm³/mol. The molecule has 0 saturated carbocycles. The smallest absolute Gasteiger partial charge is 0.307 e. The van der Waals surface area contributed by atoms with E-state index in [4.69, 9.17) is 5.11 Å². The normalized spacial score (nSPS) is 24.1. The number of carboxylic acids is 1. The molecule has 1 heterocycles. The highest BCUT2D eigenvalue weighted by atomic mass is 16.4. The first-order valence-corrected chi connectivity index (χ1v) is 5.15. The van der Waals surface area contributed by atoms with E-state index in [-0.39, 0.29) is 5.92 Å². The molecular formula is C10H19NO2. The van der Waals surface area contributed by atoms with Crippen molar-refractivity contribution in [3.63, 3.8) is 0 Å². The van der Waals surface area contributed by atoms with Gasteiger partial charge < -0.3 is 5.11 Å². The summed E-state index contributed by atoms with van der Waals surface area (Å²) in [5.74, 6) is -0.756. The van der Waals surface area contributed by atoms with Crippen molar-refractivity contribution in [2.45, 2.75) is 39.2 Å². The zero-order valence-corrected chi connectivity index (χ0v) is 8.49. The summed E-state index contributed by atoms with van der Waals surface area (Å²) in [7, 11) is 0. The molecule has 13 heavy (non-hydrogen) atoms. The molecule has 0 aromatic carbocycles. The highest BCUT2D eigenvalue weighted by Gasteiger charge is 2.30. The minimum absolute atomic E-state index is 0.124. The second kappa shape index (κ2) is 4.61. The van der Waals surface area contributed by atoms with E-state index in [2.05, 4.69) is 18.7 Å². The number of hydrogen-bond donors (Lipinski definition) is 1. The van der Waals surface area contributed by atoms with Crippen LogP contribution in [0, 0.1) is 5.92 Å². The molecule has 1 saturated heterocycles. The molecule has 1 aliphatic rings. The number of nitrogens with zero attached hydrogens (tertiary/aromatic N) is 1. The predicted octanol–water partition coefficient (Wildman–Crippen LogP) is 1.58. The average molecular weight is 185 g/mol. The maximum absolute atomic E-state index is 10.7. The van der Waals surface area contributed by atoms with Crippen LogP contribution < -0.4 is 0 Å². The zero-order chi connectivity index (χ0) is 9.84. The van der Waals surface area contributed by atoms with E-state index in [1.54, 1.807) is 0 Å². The van der Waals surface area contributed by atoms with Crippen LogP contribution in [0.2, 0.25) is 0 Å². The minimum atomic E-state index is -0.631. The van der Waals surface area contributed by atoms with Gasteiger partial charge in [-0.2, -0.15) is 0 Å². The maximum atomic E-state index is 10.7. The molecule has 0 aromatic rings. The molecular weight excluding hydrogens is 166 g/mol. The maximum Gasteiger partial charge on any atom is 0.307 e. The first-order valence-electron chi connectivity index (χ1n) is 5.15. The topological polar surface area (TPSA) is 40.5 Å². The number of carboxylic acid groups (broad SMARTS) is 1. The fourth-order valence-corrected chi connectivity index (χ4v) is 2.13. The van der Waals surface area contributed by atoms with E-state index in [9.17, 15) is 4.79 Å². The monoisotopic (exact) mass is 185 g/mol. The lowest BCUT2D eigenvalue weighted by Gasteiger charge is -2.25. The number of hydrogen-bond acceptors (Lipinski definition) is 2. The molecule has 1 N–H and O–H groups in total. The Morgan fingerprint density at radius 1 is 1.54 bits per heavy atom. The van der Waals surface area contributed by atoms with Crippen molar-refractivity contribution in [1.29, 1.82) is 0 Å². The SMILES string of the molecule is CCC(CC)N1CCC(C(=O)O)C1. The van der Waals surface area contributed by atoms with Crippen LogP contribution in [0.1, 0.15) is 33.1 Å². The molecule has 0 bridgehead atoms. The summed E-state index contributed by atoms with van der Waals surface area (Å²) in [5, 5.41) is 8.83. The first-order chi connectivity index (χ1) is 6.19. The van der Waals surface area contributed by atoms with Gasteiger partial charge in [0.15, 0.2) is 0 Å². The third-order valence-electron chi connectivity index (χ3n) is 3.03. The summed E-state index contributed by atoms with van der Waals surface area (Å²) >= 11 is 0. The van der Waals surface area contributed by atoms with E-state index in [0.29, 0.717) is 6.04 Å². The lowest BCUT2D eigenvalue weighted by molar-refractivity contribution is -0.141. The molecule has 0 spiro atoms. The van der Waals surface area contributed by atoms with Crippen LogP contribution >= 0.6 is 0 Å². The molecule has 76 valence electrons. The Morgan fingerprint density at radius 3 is 2.54 bits per heavy atom. The fraction of sp³-hybridized carbons (Fsp3) is 0.900. The van der Waals surface area contributed by atoms with Crippen LogP contribution in [0.3, 0.4) is 0 Å². The molecule has 1 rings (SSSR count). The number of carbonyl (C=O) groups is 1. The Kier molecular flexibility index (Phi) is 3.72. The van der Waals surface area contributed by atoms with E-state index in [1.165, 1.54) is 0 Å². The molecule has 0 amide bonds. The van der Waals surface area contributed by atoms with Gasteiger partial charge in [0.25, 0.3) is 0 Å². The Morgan fingerprint density at radius 2 is 2.15 bits per heavy atom. The van der Waals surface area contributed by atoms with Crippen LogP contribution in [0.4, 0.5) is 0 Å². The Balaban J connectivity index is 2.43. The van der Waals surface area contributed by atoms with Crippen molar-refractivity contribution >= 4 is 5.97 Å². The van der Waals surface area contributed by atoms with Crippen LogP contribution in [0.5, 0.6) is 0 Å². The van der Waals surface area contributed by atoms with Crippen molar-refractivity contribution in [2.75, 3.05) is 13.1 Å². The van der Waals surface area contributed by atoms with Crippen LogP contribution in [-0.2, 0) is 4.79 Å². The van der Waals surface area contributed by atoms with E-state index >= 15 is 0 Å². The van der Waals surface area contributed by atoms with Crippen molar-refractivity contribution in [3.05, 3.63) is 0 Å². The van der Waals surface area contributed by atoms with E-state index in [1.807, 2.05) is 0 Å². The van der Waals surface area contributed by atoms with Gasteiger partial charge in [-0.25, -0.2) is 0 Å². The van der Waals surface area contributed by atoms with Crippen LogP contribution in [0.15, 0.2) is 0 Å². The zero-order valence-electron chi connectivity index (χ0n) is 8.49. The fourth-order valence-electron chi connectivity index (χ4n) is 2.13. The summed E-state index contributed by atoms with van der Waals surface area (Å²) in [5.41, 5.74) is 0. The van der Waals surface area contributed by atoms with Gasteiger partial charge in [-0.05, 0) is 25.8 Å². The molecule has 1 fully saturated rings. The summed E-state index contributed by atoms with van der Waals surface area (Å²) < 4.78 is 0. The standard InChI is InChI=1S/C10H19NO2/c1-3-9(4-2)11-6-5-8(7-11)10(12)13/h8-9H,3-7H2,1-2H3,(H,12,13). The van der Waals surface area contributed by atoms with Crippen molar-refractivity contribution in [2.24, 2.45) is 5.92 Å². The van der Waals surface area contributed by atoms with Crippen molar-refractivity contribution in [3.8, 4) is 0 Å². The number of rotatable bonds is 4. The molecule has 0 aliphatic carbocycles. The Bertz CT molecular complexity index is 178. The summed E-state index contributed by atoms with van der Waals surface area (Å²) in [6, 6.07) is 0.587. The van der Waals surface area contributed by atoms with Gasteiger partial charge in [-0.3, -0.25) is 9.69 Å². The molecule has 1 aliphatic heterocycles. The minimum Gasteiger partial charge on any atom is -0.481 e. The number of aliphatic carboxylic acids is 1. The highest BCUT2D eigenvalue weighted by Crippen LogP contribution is 2.21. The van der Waals surface area contributed by atoms with Gasteiger partial charge in [0.05, 0.1) is 5.92 Å². The van der Waals surface area contributed by atoms with E-state index in [0.717, 1.165) is 32.4 Å². The lowest BCUT2D eigenvalue weighted by Crippen LogP contribution is -2.33. The third-order valence-corrected chi connectivity index (χ3v) is 3.03. The first kappa shape index (κ1) is 10.5. The lowest BCUT2D eigenvalue weighted by atomic mass is 10.1. The molecule has 0 aromatic heterocycles. The van der Waals surface area contributed by atoms with Gasteiger partial charge in [0.1, 0.15) is 0 Å². The molecule has 3 heteroatoms. The van der Waals surface area contributed by atoms with Gasteiger partial charge in [0, 0.05) is 12.6 Å². The van der Waals surface area contributed by atoms with Gasteiger partial charge >= 0.3 is 5.97 Å².